The molecule has 0 heterocycles. The van der Waals surface area contributed by atoms with Crippen LogP contribution < -0.4 is 5.32 Å². The van der Waals surface area contributed by atoms with Crippen LogP contribution in [0.15, 0.2) is 22.7 Å². The minimum Gasteiger partial charge on any atom is -0.348 e. The van der Waals surface area contributed by atoms with Gasteiger partial charge >= 0.3 is 6.18 Å². The molecular weight excluding hydrogens is 371 g/mol. The second-order valence-electron chi connectivity index (χ2n) is 5.15. The highest BCUT2D eigenvalue weighted by atomic mass is 79.9. The Hall–Kier alpha value is -0.750. The summed E-state index contributed by atoms with van der Waals surface area (Å²) in [4.78, 5) is 12.0. The van der Waals surface area contributed by atoms with Crippen LogP contribution in [0, 0.1) is 5.92 Å². The monoisotopic (exact) mass is 385 g/mol. The minimum absolute atomic E-state index is 0.0376. The Balaban J connectivity index is 2.93. The van der Waals surface area contributed by atoms with Gasteiger partial charge in [0, 0.05) is 22.0 Å². The lowest BCUT2D eigenvalue weighted by atomic mass is 10.0. The first kappa shape index (κ1) is 18.3. The number of alkyl halides is 4. The predicted octanol–water partition coefficient (Wildman–Crippen LogP) is 4.85. The van der Waals surface area contributed by atoms with Crippen molar-refractivity contribution in [3.8, 4) is 0 Å². The normalized spacial score (nSPS) is 13.3. The van der Waals surface area contributed by atoms with Gasteiger partial charge in [-0.1, -0.05) is 29.8 Å². The predicted molar refractivity (Wildman–Crippen MR) is 80.6 cm³/mol. The number of amides is 1. The maximum atomic E-state index is 12.8. The van der Waals surface area contributed by atoms with Gasteiger partial charge in [0.25, 0.3) is 5.91 Å². The summed E-state index contributed by atoms with van der Waals surface area (Å²) < 4.78 is 38.3. The second kappa shape index (κ2) is 7.49. The zero-order chi connectivity index (χ0) is 16.2. The van der Waals surface area contributed by atoms with Crippen LogP contribution in [0.25, 0.3) is 0 Å². The fraction of sp³-hybridized carbons (Fsp3) is 0.500. The van der Waals surface area contributed by atoms with Crippen molar-refractivity contribution in [3.63, 3.8) is 0 Å². The summed E-state index contributed by atoms with van der Waals surface area (Å²) in [6.07, 6.45) is -3.85. The molecule has 1 unspecified atom stereocenters. The molecule has 1 aromatic carbocycles. The molecule has 0 saturated carbocycles. The van der Waals surface area contributed by atoms with Crippen LogP contribution >= 0.6 is 27.5 Å². The van der Waals surface area contributed by atoms with Gasteiger partial charge in [-0.15, -0.1) is 11.6 Å². The first-order chi connectivity index (χ1) is 9.65. The topological polar surface area (TPSA) is 29.1 Å². The van der Waals surface area contributed by atoms with Gasteiger partial charge in [0.15, 0.2) is 0 Å². The summed E-state index contributed by atoms with van der Waals surface area (Å²) in [6.45, 7) is 3.96. The van der Waals surface area contributed by atoms with E-state index in [4.69, 9.17) is 11.6 Å². The molecule has 0 aliphatic rings. The Morgan fingerprint density at radius 3 is 2.48 bits per heavy atom. The first-order valence-corrected chi connectivity index (χ1v) is 7.71. The summed E-state index contributed by atoms with van der Waals surface area (Å²) in [5.74, 6) is -0.0175. The average Bonchev–Trinajstić information content (AvgIpc) is 2.36. The Bertz CT molecular complexity index is 505. The molecule has 2 nitrogen and oxygen atoms in total. The molecule has 0 bridgehead atoms. The lowest BCUT2D eigenvalue weighted by molar-refractivity contribution is -0.138. The van der Waals surface area contributed by atoms with Gasteiger partial charge in [-0.05, 0) is 30.5 Å². The van der Waals surface area contributed by atoms with Crippen molar-refractivity contribution < 1.29 is 18.0 Å². The molecule has 1 N–H and O–H groups in total. The molecule has 0 aromatic heterocycles. The fourth-order valence-electron chi connectivity index (χ4n) is 1.88. The lowest BCUT2D eigenvalue weighted by Crippen LogP contribution is -2.37. The first-order valence-electron chi connectivity index (χ1n) is 6.38. The van der Waals surface area contributed by atoms with Crippen molar-refractivity contribution in [1.82, 2.24) is 5.32 Å². The van der Waals surface area contributed by atoms with Crippen molar-refractivity contribution >= 4 is 33.4 Å². The highest BCUT2D eigenvalue weighted by Gasteiger charge is 2.33. The van der Waals surface area contributed by atoms with E-state index in [1.54, 1.807) is 0 Å². The smallest absolute Gasteiger partial charge is 0.348 e. The summed E-state index contributed by atoms with van der Waals surface area (Å²) >= 11 is 8.61. The van der Waals surface area contributed by atoms with Crippen molar-refractivity contribution in [1.29, 1.82) is 0 Å². The number of halogens is 5. The quantitative estimate of drug-likeness (QED) is 0.720. The molecule has 1 aromatic rings. The Labute approximate surface area is 135 Å². The molecule has 1 amide bonds. The van der Waals surface area contributed by atoms with Crippen LogP contribution in [0.3, 0.4) is 0 Å². The summed E-state index contributed by atoms with van der Waals surface area (Å²) in [7, 11) is 0. The van der Waals surface area contributed by atoms with E-state index in [9.17, 15) is 18.0 Å². The third-order valence-electron chi connectivity index (χ3n) is 2.81. The van der Waals surface area contributed by atoms with Crippen LogP contribution in [0.5, 0.6) is 0 Å². The van der Waals surface area contributed by atoms with Gasteiger partial charge < -0.3 is 5.32 Å². The number of benzene rings is 1. The van der Waals surface area contributed by atoms with Crippen LogP contribution in [0.1, 0.15) is 36.2 Å². The van der Waals surface area contributed by atoms with Gasteiger partial charge in [-0.3, -0.25) is 4.79 Å². The third kappa shape index (κ3) is 5.51. The Kier molecular flexibility index (Phi) is 6.53. The molecule has 0 spiro atoms. The Morgan fingerprint density at radius 1 is 1.38 bits per heavy atom. The maximum absolute atomic E-state index is 12.8. The van der Waals surface area contributed by atoms with E-state index in [0.29, 0.717) is 12.3 Å². The SMILES string of the molecule is CC(C)CC(CCl)NC(=O)c1ccc(Br)c(C(F)(F)F)c1. The van der Waals surface area contributed by atoms with Crippen LogP contribution in [-0.4, -0.2) is 17.8 Å². The molecule has 0 radical (unpaired) electrons. The van der Waals surface area contributed by atoms with Crippen molar-refractivity contribution in [3.05, 3.63) is 33.8 Å². The van der Waals surface area contributed by atoms with E-state index in [1.807, 2.05) is 13.8 Å². The molecule has 1 atom stereocenters. The summed E-state index contributed by atoms with van der Waals surface area (Å²) in [5, 5.41) is 2.66. The number of rotatable bonds is 5. The minimum atomic E-state index is -4.51. The van der Waals surface area contributed by atoms with E-state index < -0.39 is 17.6 Å². The van der Waals surface area contributed by atoms with Crippen LogP contribution in [-0.2, 0) is 6.18 Å². The zero-order valence-electron chi connectivity index (χ0n) is 11.6. The number of hydrogen-bond donors (Lipinski definition) is 1. The van der Waals surface area contributed by atoms with Gasteiger partial charge in [-0.2, -0.15) is 13.2 Å². The number of hydrogen-bond acceptors (Lipinski definition) is 1. The van der Waals surface area contributed by atoms with Gasteiger partial charge in [0.05, 0.1) is 5.56 Å². The second-order valence-corrected chi connectivity index (χ2v) is 6.31. The number of carbonyl (C=O) groups is 1. The van der Waals surface area contributed by atoms with E-state index in [0.717, 1.165) is 6.07 Å². The highest BCUT2D eigenvalue weighted by molar-refractivity contribution is 9.10. The highest BCUT2D eigenvalue weighted by Crippen LogP contribution is 2.35. The molecule has 0 aliphatic carbocycles. The molecule has 7 heteroatoms. The van der Waals surface area contributed by atoms with Gasteiger partial charge in [0.1, 0.15) is 0 Å². The van der Waals surface area contributed by atoms with Crippen molar-refractivity contribution in [2.24, 2.45) is 5.92 Å². The zero-order valence-corrected chi connectivity index (χ0v) is 13.9. The molecule has 118 valence electrons. The molecular formula is C14H16BrClF3NO. The van der Waals surface area contributed by atoms with E-state index in [2.05, 4.69) is 21.2 Å². The summed E-state index contributed by atoms with van der Waals surface area (Å²) in [5.41, 5.74) is -0.911. The van der Waals surface area contributed by atoms with Crippen LogP contribution in [0.2, 0.25) is 0 Å². The van der Waals surface area contributed by atoms with Crippen molar-refractivity contribution in [2.75, 3.05) is 5.88 Å². The average molecular weight is 387 g/mol. The summed E-state index contributed by atoms with van der Waals surface area (Å²) in [6, 6.07) is 3.13. The van der Waals surface area contributed by atoms with Gasteiger partial charge in [-0.25, -0.2) is 0 Å². The maximum Gasteiger partial charge on any atom is 0.417 e. The van der Waals surface area contributed by atoms with Gasteiger partial charge in [0.2, 0.25) is 0 Å². The van der Waals surface area contributed by atoms with E-state index in [-0.39, 0.29) is 22.0 Å². The standard InChI is InChI=1S/C14H16BrClF3NO/c1-8(2)5-10(7-16)20-13(21)9-3-4-12(15)11(6-9)14(17,18)19/h3-4,6,8,10H,5,7H2,1-2H3,(H,20,21). The molecule has 0 aliphatic heterocycles. The third-order valence-corrected chi connectivity index (χ3v) is 3.88. The molecule has 0 saturated heterocycles. The lowest BCUT2D eigenvalue weighted by Gasteiger charge is -2.18. The largest absolute Gasteiger partial charge is 0.417 e. The molecule has 1 rings (SSSR count). The van der Waals surface area contributed by atoms with Crippen LogP contribution in [0.4, 0.5) is 13.2 Å². The fourth-order valence-corrected chi connectivity index (χ4v) is 2.56. The van der Waals surface area contributed by atoms with E-state index in [1.165, 1.54) is 12.1 Å². The van der Waals surface area contributed by atoms with Crippen molar-refractivity contribution in [2.45, 2.75) is 32.5 Å². The Morgan fingerprint density at radius 2 is 2.00 bits per heavy atom. The van der Waals surface area contributed by atoms with E-state index >= 15 is 0 Å². The molecule has 0 fully saturated rings. The molecule has 21 heavy (non-hydrogen) atoms. The number of carbonyl (C=O) groups excluding carboxylic acids is 1. The number of nitrogens with one attached hydrogen (secondary N) is 1.